The quantitative estimate of drug-likeness (QED) is 0.591. The Labute approximate surface area is 40.1 Å². The molecule has 30 valence electrons. The summed E-state index contributed by atoms with van der Waals surface area (Å²) in [5.74, 6) is 0. The molecule has 0 radical (unpaired) electrons. The Bertz CT molecular complexity index is 6.00. The first kappa shape index (κ1) is 162. The van der Waals surface area contributed by atoms with Crippen LogP contribution in [0.3, 0.4) is 0 Å². The fourth-order valence-corrected chi connectivity index (χ4v) is 0. The molecule has 2 nitrogen and oxygen atoms in total. The van der Waals surface area contributed by atoms with Crippen molar-refractivity contribution in [2.24, 2.45) is 0 Å². The van der Waals surface area contributed by atoms with Gasteiger partial charge in [-0.3, -0.25) is 0 Å². The van der Waals surface area contributed by atoms with E-state index in [1.54, 1.807) is 0 Å². The molecule has 0 aliphatic rings. The van der Waals surface area contributed by atoms with Crippen LogP contribution in [0.15, 0.2) is 0 Å². The van der Waals surface area contributed by atoms with E-state index in [0.717, 1.165) is 0 Å². The second kappa shape index (κ2) is 66.3. The van der Waals surface area contributed by atoms with Crippen LogP contribution in [0.4, 0.5) is 0 Å². The molecule has 0 amide bonds. The first-order valence-electron chi connectivity index (χ1n) is 0. The van der Waals surface area contributed by atoms with Crippen LogP contribution in [-0.2, 0) is 32.0 Å². The third-order valence-corrected chi connectivity index (χ3v) is 0. The first-order chi connectivity index (χ1) is 0. The van der Waals surface area contributed by atoms with E-state index in [4.69, 9.17) is 0 Å². The zero-order valence-corrected chi connectivity index (χ0v) is 3.40. The second-order valence-corrected chi connectivity index (χ2v) is 0. The van der Waals surface area contributed by atoms with Crippen LogP contribution in [0.2, 0.25) is 0 Å². The van der Waals surface area contributed by atoms with Gasteiger partial charge in [0.2, 0.25) is 0 Å². The molecule has 4 heavy (non-hydrogen) atoms. The maximum atomic E-state index is 0. The van der Waals surface area contributed by atoms with Crippen molar-refractivity contribution < 1.29 is 32.0 Å². The third kappa shape index (κ3) is 18.2. The predicted molar refractivity (Wildman–Crippen MR) is 8.10 cm³/mol. The smallest absolute Gasteiger partial charge is 2.00 e. The van der Waals surface area contributed by atoms with E-state index in [9.17, 15) is 0 Å². The van der Waals surface area contributed by atoms with E-state index in [1.807, 2.05) is 0 Å². The average Bonchev–Trinajstić information content (AvgIpc) is 0. The van der Waals surface area contributed by atoms with Gasteiger partial charge in [-0.1, -0.05) is 7.43 Å². The van der Waals surface area contributed by atoms with Gasteiger partial charge in [-0.2, -0.15) is 0 Å². The van der Waals surface area contributed by atoms with Crippen LogP contribution in [0.25, 0.3) is 0 Å². The van der Waals surface area contributed by atoms with Gasteiger partial charge in [0.1, 0.15) is 0 Å². The predicted octanol–water partition coefficient (Wildman–Crippen LogP) is 0.396. The van der Waals surface area contributed by atoms with E-state index in [2.05, 4.69) is 0 Å². The molecule has 0 aromatic carbocycles. The second-order valence-electron chi connectivity index (χ2n) is 0. The molecule has 0 saturated heterocycles. The van der Waals surface area contributed by atoms with Gasteiger partial charge in [0, 0.05) is 0 Å². The van der Waals surface area contributed by atoms with Gasteiger partial charge in [0.15, 0.2) is 0 Å². The van der Waals surface area contributed by atoms with Crippen molar-refractivity contribution in [1.29, 1.82) is 0 Å². The molecule has 0 saturated carbocycles. The Kier molecular flexibility index (Phi) is 2690. The zero-order chi connectivity index (χ0) is 0. The van der Waals surface area contributed by atoms with Crippen LogP contribution < -0.4 is 0 Å². The zero-order valence-electron chi connectivity index (χ0n) is 1.13. The monoisotopic (exact) mass is 243 g/mol. The molecule has 0 fully saturated rings. The van der Waals surface area contributed by atoms with E-state index >= 15 is 0 Å². The Hall–Kier alpha value is 0.608. The molecule has 0 atom stereocenters. The summed E-state index contributed by atoms with van der Waals surface area (Å²) in [6.45, 7) is 0. The number of hydrogen-bond donors (Lipinski definition) is 0. The summed E-state index contributed by atoms with van der Waals surface area (Å²) in [6, 6.07) is 0. The molecular formula is CH4O2Pt. The van der Waals surface area contributed by atoms with Crippen molar-refractivity contribution >= 4 is 0 Å². The molecule has 0 rings (SSSR count). The standard InChI is InChI=1S/CH4.2O.Pt/h1H4;;;/q;2*-2;+4. The van der Waals surface area contributed by atoms with Crippen molar-refractivity contribution in [2.75, 3.05) is 0 Å². The molecule has 0 spiro atoms. The van der Waals surface area contributed by atoms with Crippen LogP contribution in [0.1, 0.15) is 7.43 Å². The van der Waals surface area contributed by atoms with Gasteiger partial charge >= 0.3 is 21.1 Å². The summed E-state index contributed by atoms with van der Waals surface area (Å²) < 4.78 is 0. The van der Waals surface area contributed by atoms with Crippen LogP contribution in [0, 0.1) is 0 Å². The van der Waals surface area contributed by atoms with Gasteiger partial charge in [-0.25, -0.2) is 0 Å². The molecule has 0 N–H and O–H groups in total. The third-order valence-electron chi connectivity index (χ3n) is 0. The summed E-state index contributed by atoms with van der Waals surface area (Å²) in [7, 11) is 0. The Morgan fingerprint density at radius 2 is 0.750 bits per heavy atom. The molecular weight excluding hydrogens is 239 g/mol. The Morgan fingerprint density at radius 1 is 0.750 bits per heavy atom. The molecule has 0 bridgehead atoms. The van der Waals surface area contributed by atoms with Gasteiger partial charge < -0.3 is 11.0 Å². The van der Waals surface area contributed by atoms with E-state index in [-0.39, 0.29) is 39.4 Å². The molecule has 0 aromatic heterocycles. The fourth-order valence-electron chi connectivity index (χ4n) is 0. The maximum Gasteiger partial charge on any atom is 4.00 e. The summed E-state index contributed by atoms with van der Waals surface area (Å²) in [5.41, 5.74) is 0. The average molecular weight is 243 g/mol. The fraction of sp³-hybridized carbons (Fsp3) is 1.00. The summed E-state index contributed by atoms with van der Waals surface area (Å²) in [5, 5.41) is 0. The molecule has 3 heteroatoms. The summed E-state index contributed by atoms with van der Waals surface area (Å²) in [4.78, 5) is 0. The van der Waals surface area contributed by atoms with Gasteiger partial charge in [0.05, 0.1) is 0 Å². The molecule has 0 aliphatic carbocycles. The largest absolute Gasteiger partial charge is 4.00 e. The van der Waals surface area contributed by atoms with Crippen molar-refractivity contribution in [3.63, 3.8) is 0 Å². The molecule has 0 aromatic rings. The van der Waals surface area contributed by atoms with Crippen LogP contribution in [0.5, 0.6) is 0 Å². The first-order valence-corrected chi connectivity index (χ1v) is 0. The summed E-state index contributed by atoms with van der Waals surface area (Å²) >= 11 is 0. The maximum absolute atomic E-state index is 0. The van der Waals surface area contributed by atoms with E-state index < -0.39 is 0 Å². The molecule has 0 aliphatic heterocycles. The minimum Gasteiger partial charge on any atom is -2.00 e. The number of hydrogen-bond acceptors (Lipinski definition) is 0. The number of rotatable bonds is 0. The van der Waals surface area contributed by atoms with Gasteiger partial charge in [0.25, 0.3) is 0 Å². The normalized spacial score (nSPS) is 0. The van der Waals surface area contributed by atoms with Crippen LogP contribution >= 0.6 is 0 Å². The molecule has 0 unspecified atom stereocenters. The van der Waals surface area contributed by atoms with Crippen LogP contribution in [-0.4, -0.2) is 0 Å². The van der Waals surface area contributed by atoms with Gasteiger partial charge in [-0.15, -0.1) is 0 Å². The summed E-state index contributed by atoms with van der Waals surface area (Å²) in [6.07, 6.45) is 0. The van der Waals surface area contributed by atoms with E-state index in [1.165, 1.54) is 0 Å². The Balaban J connectivity index is 0. The van der Waals surface area contributed by atoms with Crippen molar-refractivity contribution in [2.45, 2.75) is 7.43 Å². The van der Waals surface area contributed by atoms with E-state index in [0.29, 0.717) is 0 Å². The van der Waals surface area contributed by atoms with Crippen molar-refractivity contribution in [1.82, 2.24) is 0 Å². The minimum absolute atomic E-state index is 0. The topological polar surface area (TPSA) is 57.0 Å². The van der Waals surface area contributed by atoms with Gasteiger partial charge in [-0.05, 0) is 0 Å². The SMILES string of the molecule is C.[O-2].[O-2].[Pt+4]. The minimum atomic E-state index is 0. The van der Waals surface area contributed by atoms with Crippen molar-refractivity contribution in [3.05, 3.63) is 0 Å². The molecule has 0 heterocycles. The Morgan fingerprint density at radius 3 is 0.750 bits per heavy atom. The van der Waals surface area contributed by atoms with Crippen molar-refractivity contribution in [3.8, 4) is 0 Å².